The van der Waals surface area contributed by atoms with Crippen molar-refractivity contribution in [1.82, 2.24) is 0 Å². The van der Waals surface area contributed by atoms with E-state index < -0.39 is 67.3 Å². The summed E-state index contributed by atoms with van der Waals surface area (Å²) >= 11 is 0. The summed E-state index contributed by atoms with van der Waals surface area (Å²) in [5.41, 5.74) is 4.53. The molecule has 0 fully saturated rings. The molecule has 0 saturated heterocycles. The number of nitrogens with two attached hydrogens (primary N) is 1. The summed E-state index contributed by atoms with van der Waals surface area (Å²) in [6.45, 7) is 0. The highest BCUT2D eigenvalue weighted by Gasteiger charge is 2.31. The number of fused-ring (bicyclic) bond motifs is 1. The minimum Gasteiger partial charge on any atom is -0.507 e. The van der Waals surface area contributed by atoms with Crippen molar-refractivity contribution in [3.8, 4) is 5.75 Å². The number of phenolic OH excluding ortho intramolecular Hbond substituents is 1. The van der Waals surface area contributed by atoms with Crippen LogP contribution in [0.1, 0.15) is 0 Å². The van der Waals surface area contributed by atoms with Gasteiger partial charge in [0.2, 0.25) is 0 Å². The Balaban J connectivity index is 3.31. The number of nitrogen functional groups attached to an aromatic ring is 1. The van der Waals surface area contributed by atoms with Crippen LogP contribution in [0, 0.1) is 0 Å². The summed E-state index contributed by atoms with van der Waals surface area (Å²) in [7, 11) is -15.6. The van der Waals surface area contributed by atoms with E-state index in [1.54, 1.807) is 0 Å². The number of benzene rings is 2. The Morgan fingerprint density at radius 2 is 1.29 bits per heavy atom. The lowest BCUT2D eigenvalue weighted by Gasteiger charge is -2.14. The number of aromatic hydroxyl groups is 1. The first-order valence-corrected chi connectivity index (χ1v) is 9.98. The van der Waals surface area contributed by atoms with Crippen molar-refractivity contribution >= 4 is 46.8 Å². The molecule has 0 aliphatic rings. The molecule has 0 atom stereocenters. The lowest BCUT2D eigenvalue weighted by Crippen LogP contribution is -2.11. The normalized spacial score (nSPS) is 13.3. The Bertz CT molecular complexity index is 1180. The molecule has 0 aliphatic heterocycles. The molecule has 14 heteroatoms. The van der Waals surface area contributed by atoms with E-state index >= 15 is 0 Å². The van der Waals surface area contributed by atoms with E-state index in [-0.39, 0.29) is 0 Å². The van der Waals surface area contributed by atoms with Gasteiger partial charge < -0.3 is 10.8 Å². The van der Waals surface area contributed by atoms with E-state index in [0.717, 1.165) is 6.07 Å². The second-order valence-corrected chi connectivity index (χ2v) is 8.69. The van der Waals surface area contributed by atoms with Crippen molar-refractivity contribution in [1.29, 1.82) is 0 Å². The lowest BCUT2D eigenvalue weighted by molar-refractivity contribution is 0.466. The summed E-state index contributed by atoms with van der Waals surface area (Å²) < 4.78 is 95.8. The highest BCUT2D eigenvalue weighted by molar-refractivity contribution is 7.89. The predicted molar refractivity (Wildman–Crippen MR) is 79.5 cm³/mol. The van der Waals surface area contributed by atoms with Crippen molar-refractivity contribution in [2.75, 3.05) is 5.73 Å². The molecular weight excluding hydrogens is 390 g/mol. The molecule has 2 rings (SSSR count). The monoisotopic (exact) mass is 399 g/mol. The SMILES string of the molecule is Nc1c(S(=O)(=O)O)cc(O)c2ccc(S(=O)(=O)O)c(S(=O)(=O)O)c12. The van der Waals surface area contributed by atoms with Crippen LogP contribution in [0.25, 0.3) is 10.8 Å². The zero-order valence-corrected chi connectivity index (χ0v) is 13.7. The summed E-state index contributed by atoms with van der Waals surface area (Å²) in [4.78, 5) is -3.86. The van der Waals surface area contributed by atoms with Gasteiger partial charge in [-0.25, -0.2) is 0 Å². The molecule has 11 nitrogen and oxygen atoms in total. The van der Waals surface area contributed by atoms with Crippen LogP contribution in [-0.4, -0.2) is 44.0 Å². The third kappa shape index (κ3) is 3.02. The molecule has 0 bridgehead atoms. The maximum atomic E-state index is 11.6. The highest BCUT2D eigenvalue weighted by Crippen LogP contribution is 2.41. The maximum absolute atomic E-state index is 11.6. The van der Waals surface area contributed by atoms with E-state index in [2.05, 4.69) is 0 Å². The van der Waals surface area contributed by atoms with E-state index in [9.17, 15) is 34.9 Å². The molecule has 0 radical (unpaired) electrons. The molecule has 24 heavy (non-hydrogen) atoms. The van der Waals surface area contributed by atoms with Crippen molar-refractivity contribution in [2.24, 2.45) is 0 Å². The zero-order chi connectivity index (χ0) is 18.7. The smallest absolute Gasteiger partial charge is 0.296 e. The Morgan fingerprint density at radius 1 is 0.792 bits per heavy atom. The van der Waals surface area contributed by atoms with Gasteiger partial charge in [0.05, 0.1) is 5.69 Å². The summed E-state index contributed by atoms with van der Waals surface area (Å²) in [5, 5.41) is 8.46. The number of hydrogen-bond acceptors (Lipinski definition) is 8. The van der Waals surface area contributed by atoms with Crippen LogP contribution in [0.15, 0.2) is 32.9 Å². The second kappa shape index (κ2) is 5.27. The Morgan fingerprint density at radius 3 is 1.71 bits per heavy atom. The van der Waals surface area contributed by atoms with Crippen LogP contribution >= 0.6 is 0 Å². The average Bonchev–Trinajstić information content (AvgIpc) is 2.38. The molecule has 0 saturated carbocycles. The van der Waals surface area contributed by atoms with Crippen molar-refractivity contribution < 1.29 is 44.0 Å². The van der Waals surface area contributed by atoms with E-state index in [4.69, 9.17) is 14.8 Å². The third-order valence-electron chi connectivity index (χ3n) is 3.01. The third-order valence-corrected chi connectivity index (χ3v) is 5.87. The first-order chi connectivity index (χ1) is 10.7. The molecule has 0 unspecified atom stereocenters. The largest absolute Gasteiger partial charge is 0.507 e. The van der Waals surface area contributed by atoms with Gasteiger partial charge in [0, 0.05) is 16.8 Å². The molecule has 0 heterocycles. The Labute approximate surface area is 135 Å². The predicted octanol–water partition coefficient (Wildman–Crippen LogP) is -0.132. The standard InChI is InChI=1S/C10H9NO10S3/c11-9-7(23(16,17)18)3-5(12)4-1-2-6(22(13,14)15)10(8(4)9)24(19,20)21/h1-3,12H,11H2,(H,13,14,15)(H,16,17,18)(H,19,20,21). The van der Waals surface area contributed by atoms with Gasteiger partial charge in [0.1, 0.15) is 20.4 Å². The van der Waals surface area contributed by atoms with Crippen molar-refractivity contribution in [2.45, 2.75) is 14.7 Å². The van der Waals surface area contributed by atoms with Crippen molar-refractivity contribution in [3.63, 3.8) is 0 Å². The van der Waals surface area contributed by atoms with Crippen LogP contribution in [0.5, 0.6) is 5.75 Å². The fourth-order valence-electron chi connectivity index (χ4n) is 2.12. The van der Waals surface area contributed by atoms with Crippen LogP contribution in [-0.2, 0) is 30.4 Å². The number of rotatable bonds is 3. The second-order valence-electron chi connectivity index (χ2n) is 4.55. The van der Waals surface area contributed by atoms with Gasteiger partial charge in [-0.3, -0.25) is 13.7 Å². The first kappa shape index (κ1) is 18.4. The molecule has 2 aromatic rings. The zero-order valence-electron chi connectivity index (χ0n) is 11.3. The van der Waals surface area contributed by atoms with Crippen LogP contribution in [0.3, 0.4) is 0 Å². The molecule has 0 aromatic heterocycles. The minimum atomic E-state index is -5.35. The van der Waals surface area contributed by atoms with Gasteiger partial charge >= 0.3 is 0 Å². The average molecular weight is 399 g/mol. The van der Waals surface area contributed by atoms with E-state index in [1.807, 2.05) is 0 Å². The lowest BCUT2D eigenvalue weighted by atomic mass is 10.1. The van der Waals surface area contributed by atoms with E-state index in [0.29, 0.717) is 12.1 Å². The fraction of sp³-hybridized carbons (Fsp3) is 0. The number of anilines is 1. The Kier molecular flexibility index (Phi) is 4.03. The first-order valence-electron chi connectivity index (χ1n) is 5.66. The van der Waals surface area contributed by atoms with Crippen LogP contribution in [0.4, 0.5) is 5.69 Å². The topological polar surface area (TPSA) is 209 Å². The maximum Gasteiger partial charge on any atom is 0.296 e. The summed E-state index contributed by atoms with van der Waals surface area (Å²) in [6.07, 6.45) is 0. The Hall–Kier alpha value is -1.97. The van der Waals surface area contributed by atoms with Crippen LogP contribution in [0.2, 0.25) is 0 Å². The van der Waals surface area contributed by atoms with Crippen LogP contribution < -0.4 is 5.73 Å². The van der Waals surface area contributed by atoms with Gasteiger partial charge in [-0.2, -0.15) is 25.3 Å². The molecule has 132 valence electrons. The molecular formula is C10H9NO10S3. The quantitative estimate of drug-likeness (QED) is 0.260. The van der Waals surface area contributed by atoms with Gasteiger partial charge in [-0.15, -0.1) is 0 Å². The number of phenols is 1. The van der Waals surface area contributed by atoms with Gasteiger partial charge in [-0.05, 0) is 12.1 Å². The van der Waals surface area contributed by atoms with E-state index in [1.165, 1.54) is 0 Å². The molecule has 6 N–H and O–H groups in total. The summed E-state index contributed by atoms with van der Waals surface area (Å²) in [6, 6.07) is 1.90. The fourth-order valence-corrected chi connectivity index (χ4v) is 4.77. The number of hydrogen-bond donors (Lipinski definition) is 5. The highest BCUT2D eigenvalue weighted by atomic mass is 32.2. The molecule has 0 spiro atoms. The molecule has 0 aliphatic carbocycles. The van der Waals surface area contributed by atoms with Gasteiger partial charge in [-0.1, -0.05) is 0 Å². The minimum absolute atomic E-state index is 0.445. The van der Waals surface area contributed by atoms with Crippen molar-refractivity contribution in [3.05, 3.63) is 18.2 Å². The molecule has 0 amide bonds. The van der Waals surface area contributed by atoms with Gasteiger partial charge in [0.25, 0.3) is 30.4 Å². The summed E-state index contributed by atoms with van der Waals surface area (Å²) in [5.74, 6) is -0.876. The molecule has 2 aromatic carbocycles. The van der Waals surface area contributed by atoms with Gasteiger partial charge in [0.15, 0.2) is 0 Å².